The van der Waals surface area contributed by atoms with Crippen molar-refractivity contribution in [3.8, 4) is 0 Å². The van der Waals surface area contributed by atoms with E-state index in [1.54, 1.807) is 0 Å². The van der Waals surface area contributed by atoms with Crippen molar-refractivity contribution < 1.29 is 0 Å². The van der Waals surface area contributed by atoms with E-state index in [4.69, 9.17) is 0 Å². The van der Waals surface area contributed by atoms with Crippen molar-refractivity contribution >= 4 is 11.8 Å². The van der Waals surface area contributed by atoms with Crippen LogP contribution in [0.4, 0.5) is 0 Å². The molecule has 0 saturated carbocycles. The van der Waals surface area contributed by atoms with Gasteiger partial charge in [-0.15, -0.1) is 0 Å². The van der Waals surface area contributed by atoms with Crippen LogP contribution >= 0.6 is 11.8 Å². The predicted octanol–water partition coefficient (Wildman–Crippen LogP) is 3.23. The van der Waals surface area contributed by atoms with Crippen molar-refractivity contribution in [2.45, 2.75) is 52.5 Å². The highest BCUT2D eigenvalue weighted by Crippen LogP contribution is 2.01. The molecule has 0 radical (unpaired) electrons. The monoisotopic (exact) mass is 260 g/mol. The molecule has 0 fully saturated rings. The van der Waals surface area contributed by atoms with Gasteiger partial charge in [-0.1, -0.05) is 13.8 Å². The standard InChI is InChI=1S/C14H32N2S/c1-5-16(6-2)12-9-10-14(3)15-11-7-8-13-17-4/h14-15H,5-13H2,1-4H3. The number of rotatable bonds is 12. The molecule has 0 spiro atoms. The van der Waals surface area contributed by atoms with Crippen LogP contribution in [-0.2, 0) is 0 Å². The van der Waals surface area contributed by atoms with Crippen molar-refractivity contribution in [2.75, 3.05) is 38.2 Å². The SMILES string of the molecule is CCN(CC)CCCC(C)NCCCCSC. The van der Waals surface area contributed by atoms with Gasteiger partial charge in [-0.25, -0.2) is 0 Å². The molecule has 17 heavy (non-hydrogen) atoms. The van der Waals surface area contributed by atoms with Crippen LogP contribution in [0.3, 0.4) is 0 Å². The molecule has 0 aromatic heterocycles. The third kappa shape index (κ3) is 11.1. The Labute approximate surface area is 113 Å². The van der Waals surface area contributed by atoms with Crippen LogP contribution in [0.1, 0.15) is 46.5 Å². The van der Waals surface area contributed by atoms with Gasteiger partial charge in [-0.3, -0.25) is 0 Å². The molecule has 1 unspecified atom stereocenters. The lowest BCUT2D eigenvalue weighted by Gasteiger charge is -2.19. The van der Waals surface area contributed by atoms with Gasteiger partial charge in [-0.05, 0) is 70.8 Å². The summed E-state index contributed by atoms with van der Waals surface area (Å²) in [5.74, 6) is 1.30. The first-order valence-corrected chi connectivity index (χ1v) is 8.58. The van der Waals surface area contributed by atoms with Gasteiger partial charge in [0.2, 0.25) is 0 Å². The van der Waals surface area contributed by atoms with Gasteiger partial charge in [0.25, 0.3) is 0 Å². The van der Waals surface area contributed by atoms with E-state index in [1.807, 2.05) is 11.8 Å². The number of hydrogen-bond donors (Lipinski definition) is 1. The smallest absolute Gasteiger partial charge is 0.00391 e. The Morgan fingerprint density at radius 3 is 2.41 bits per heavy atom. The fourth-order valence-corrected chi connectivity index (χ4v) is 2.48. The summed E-state index contributed by atoms with van der Waals surface area (Å²) in [5, 5.41) is 3.62. The van der Waals surface area contributed by atoms with Gasteiger partial charge in [0, 0.05) is 6.04 Å². The van der Waals surface area contributed by atoms with Gasteiger partial charge in [0.1, 0.15) is 0 Å². The molecule has 0 aromatic rings. The summed E-state index contributed by atoms with van der Waals surface area (Å²) < 4.78 is 0. The maximum absolute atomic E-state index is 3.62. The second-order valence-electron chi connectivity index (χ2n) is 4.72. The molecule has 3 heteroatoms. The summed E-state index contributed by atoms with van der Waals surface area (Å²) >= 11 is 1.95. The minimum absolute atomic E-state index is 0.680. The first kappa shape index (κ1) is 17.3. The fraction of sp³-hybridized carbons (Fsp3) is 1.00. The molecule has 2 nitrogen and oxygen atoms in total. The average molecular weight is 260 g/mol. The second-order valence-corrected chi connectivity index (χ2v) is 5.71. The Kier molecular flexibility index (Phi) is 12.9. The molecular formula is C14H32N2S. The third-order valence-electron chi connectivity index (χ3n) is 3.27. The first-order chi connectivity index (χ1) is 8.24. The van der Waals surface area contributed by atoms with E-state index in [-0.39, 0.29) is 0 Å². The quantitative estimate of drug-likeness (QED) is 0.542. The van der Waals surface area contributed by atoms with Crippen molar-refractivity contribution in [2.24, 2.45) is 0 Å². The lowest BCUT2D eigenvalue weighted by molar-refractivity contribution is 0.290. The van der Waals surface area contributed by atoms with Crippen molar-refractivity contribution in [1.29, 1.82) is 0 Å². The Morgan fingerprint density at radius 2 is 1.82 bits per heavy atom. The molecule has 0 bridgehead atoms. The summed E-state index contributed by atoms with van der Waals surface area (Å²) in [5.41, 5.74) is 0. The van der Waals surface area contributed by atoms with Gasteiger partial charge < -0.3 is 10.2 Å². The number of hydrogen-bond acceptors (Lipinski definition) is 3. The summed E-state index contributed by atoms with van der Waals surface area (Å²) in [6.45, 7) is 11.6. The molecule has 0 aliphatic rings. The molecule has 0 aromatic carbocycles. The average Bonchev–Trinajstić information content (AvgIpc) is 2.34. The summed E-state index contributed by atoms with van der Waals surface area (Å²) in [7, 11) is 0. The number of unbranched alkanes of at least 4 members (excludes halogenated alkanes) is 1. The Balaban J connectivity index is 3.30. The molecule has 104 valence electrons. The Bertz CT molecular complexity index is 149. The van der Waals surface area contributed by atoms with E-state index in [1.165, 1.54) is 57.6 Å². The normalized spacial score (nSPS) is 13.2. The van der Waals surface area contributed by atoms with Gasteiger partial charge in [-0.2, -0.15) is 11.8 Å². The van der Waals surface area contributed by atoms with Gasteiger partial charge >= 0.3 is 0 Å². The van der Waals surface area contributed by atoms with E-state index in [9.17, 15) is 0 Å². The Morgan fingerprint density at radius 1 is 1.12 bits per heavy atom. The summed E-state index contributed by atoms with van der Waals surface area (Å²) in [6.07, 6.45) is 7.48. The summed E-state index contributed by atoms with van der Waals surface area (Å²) in [4.78, 5) is 2.51. The van der Waals surface area contributed by atoms with Gasteiger partial charge in [0.15, 0.2) is 0 Å². The molecule has 1 N–H and O–H groups in total. The highest BCUT2D eigenvalue weighted by atomic mass is 32.2. The molecule has 0 saturated heterocycles. The van der Waals surface area contributed by atoms with E-state index in [0.29, 0.717) is 6.04 Å². The van der Waals surface area contributed by atoms with Crippen LogP contribution in [0.5, 0.6) is 0 Å². The lowest BCUT2D eigenvalue weighted by atomic mass is 10.1. The third-order valence-corrected chi connectivity index (χ3v) is 3.97. The minimum atomic E-state index is 0.680. The highest BCUT2D eigenvalue weighted by molar-refractivity contribution is 7.98. The fourth-order valence-electron chi connectivity index (χ4n) is 1.98. The second kappa shape index (κ2) is 12.7. The minimum Gasteiger partial charge on any atom is -0.314 e. The van der Waals surface area contributed by atoms with Crippen LogP contribution in [0, 0.1) is 0 Å². The molecule has 0 aliphatic heterocycles. The van der Waals surface area contributed by atoms with Crippen LogP contribution in [-0.4, -0.2) is 49.1 Å². The maximum atomic E-state index is 3.62. The molecule has 0 rings (SSSR count). The van der Waals surface area contributed by atoms with Crippen molar-refractivity contribution in [1.82, 2.24) is 10.2 Å². The van der Waals surface area contributed by atoms with Crippen LogP contribution in [0.15, 0.2) is 0 Å². The van der Waals surface area contributed by atoms with Crippen LogP contribution in [0.2, 0.25) is 0 Å². The summed E-state index contributed by atoms with van der Waals surface area (Å²) in [6, 6.07) is 0.680. The predicted molar refractivity (Wildman–Crippen MR) is 82.1 cm³/mol. The maximum Gasteiger partial charge on any atom is 0.00391 e. The first-order valence-electron chi connectivity index (χ1n) is 7.19. The molecular weight excluding hydrogens is 228 g/mol. The van der Waals surface area contributed by atoms with Crippen LogP contribution in [0.25, 0.3) is 0 Å². The number of nitrogens with one attached hydrogen (secondary N) is 1. The van der Waals surface area contributed by atoms with E-state index < -0.39 is 0 Å². The number of nitrogens with zero attached hydrogens (tertiary/aromatic N) is 1. The zero-order valence-electron chi connectivity index (χ0n) is 12.3. The molecule has 0 aliphatic carbocycles. The van der Waals surface area contributed by atoms with E-state index in [0.717, 1.165) is 0 Å². The highest BCUT2D eigenvalue weighted by Gasteiger charge is 2.03. The van der Waals surface area contributed by atoms with E-state index in [2.05, 4.69) is 37.2 Å². The van der Waals surface area contributed by atoms with Crippen molar-refractivity contribution in [3.63, 3.8) is 0 Å². The lowest BCUT2D eigenvalue weighted by Crippen LogP contribution is -2.29. The topological polar surface area (TPSA) is 15.3 Å². The molecule has 0 amide bonds. The van der Waals surface area contributed by atoms with Gasteiger partial charge in [0.05, 0.1) is 0 Å². The molecule has 1 atom stereocenters. The number of thioether (sulfide) groups is 1. The van der Waals surface area contributed by atoms with Crippen LogP contribution < -0.4 is 5.32 Å². The zero-order valence-corrected chi connectivity index (χ0v) is 13.1. The van der Waals surface area contributed by atoms with E-state index >= 15 is 0 Å². The largest absolute Gasteiger partial charge is 0.314 e. The Hall–Kier alpha value is 0.270. The zero-order chi connectivity index (χ0) is 12.9. The molecule has 0 heterocycles. The van der Waals surface area contributed by atoms with Crippen molar-refractivity contribution in [3.05, 3.63) is 0 Å².